The first-order valence-electron chi connectivity index (χ1n) is 7.97. The monoisotopic (exact) mass is 330 g/mol. The maximum atomic E-state index is 12.3. The number of hydrogen-bond donors (Lipinski definition) is 1. The molecule has 128 valence electrons. The van der Waals surface area contributed by atoms with Gasteiger partial charge in [-0.1, -0.05) is 25.5 Å². The van der Waals surface area contributed by atoms with Gasteiger partial charge in [0.15, 0.2) is 0 Å². The van der Waals surface area contributed by atoms with Crippen LogP contribution in [0.2, 0.25) is 0 Å². The van der Waals surface area contributed by atoms with Crippen LogP contribution >= 0.6 is 0 Å². The first-order valence-corrected chi connectivity index (χ1v) is 7.97. The smallest absolute Gasteiger partial charge is 0.261 e. The van der Waals surface area contributed by atoms with E-state index in [9.17, 15) is 14.4 Å². The molecule has 2 rings (SSSR count). The van der Waals surface area contributed by atoms with E-state index in [-0.39, 0.29) is 24.6 Å². The minimum Gasteiger partial charge on any atom is -0.345 e. The fourth-order valence-corrected chi connectivity index (χ4v) is 2.26. The van der Waals surface area contributed by atoms with Crippen molar-refractivity contribution in [2.24, 2.45) is 0 Å². The van der Waals surface area contributed by atoms with E-state index in [1.807, 2.05) is 0 Å². The molecule has 0 aliphatic rings. The highest BCUT2D eigenvalue weighted by Crippen LogP contribution is 2.04. The van der Waals surface area contributed by atoms with Crippen molar-refractivity contribution in [3.05, 3.63) is 40.9 Å². The molecule has 1 N–H and O–H groups in total. The molecule has 0 fully saturated rings. The van der Waals surface area contributed by atoms with E-state index in [0.717, 1.165) is 12.8 Å². The molecular weight excluding hydrogens is 308 g/mol. The van der Waals surface area contributed by atoms with Crippen LogP contribution in [-0.2, 0) is 16.1 Å². The largest absolute Gasteiger partial charge is 0.345 e. The SMILES string of the molecule is CCCCN(C)C(=O)CNC(=O)Cn1cnc2ccccc2c1=O. The second kappa shape index (κ2) is 8.24. The number of fused-ring (bicyclic) bond motifs is 1. The number of para-hydroxylation sites is 1. The van der Waals surface area contributed by atoms with Crippen LogP contribution in [0, 0.1) is 0 Å². The van der Waals surface area contributed by atoms with Crippen LogP contribution < -0.4 is 10.9 Å². The van der Waals surface area contributed by atoms with Crippen LogP contribution in [0.15, 0.2) is 35.4 Å². The van der Waals surface area contributed by atoms with Crippen molar-refractivity contribution in [3.63, 3.8) is 0 Å². The van der Waals surface area contributed by atoms with Crippen LogP contribution in [0.5, 0.6) is 0 Å². The average Bonchev–Trinajstić information content (AvgIpc) is 2.60. The predicted octanol–water partition coefficient (Wildman–Crippen LogP) is 0.771. The molecule has 1 aromatic carbocycles. The van der Waals surface area contributed by atoms with Gasteiger partial charge in [0.1, 0.15) is 6.54 Å². The van der Waals surface area contributed by atoms with Gasteiger partial charge in [-0.2, -0.15) is 0 Å². The average molecular weight is 330 g/mol. The number of amides is 2. The van der Waals surface area contributed by atoms with Gasteiger partial charge in [-0.15, -0.1) is 0 Å². The Hall–Kier alpha value is -2.70. The number of aromatic nitrogens is 2. The second-order valence-corrected chi connectivity index (χ2v) is 5.64. The number of nitrogens with zero attached hydrogens (tertiary/aromatic N) is 3. The van der Waals surface area contributed by atoms with Crippen molar-refractivity contribution < 1.29 is 9.59 Å². The molecule has 7 nitrogen and oxygen atoms in total. The summed E-state index contributed by atoms with van der Waals surface area (Å²) >= 11 is 0. The number of nitrogens with one attached hydrogen (secondary N) is 1. The molecule has 0 spiro atoms. The number of carbonyl (C=O) groups is 2. The lowest BCUT2D eigenvalue weighted by Gasteiger charge is -2.17. The van der Waals surface area contributed by atoms with Gasteiger partial charge in [-0.25, -0.2) is 4.98 Å². The Morgan fingerprint density at radius 3 is 2.79 bits per heavy atom. The van der Waals surface area contributed by atoms with Gasteiger partial charge >= 0.3 is 0 Å². The summed E-state index contributed by atoms with van der Waals surface area (Å²) in [5.74, 6) is -0.549. The molecule has 0 radical (unpaired) electrons. The maximum Gasteiger partial charge on any atom is 0.261 e. The minimum atomic E-state index is -0.397. The zero-order valence-corrected chi connectivity index (χ0v) is 14.0. The van der Waals surface area contributed by atoms with Crippen LogP contribution in [0.3, 0.4) is 0 Å². The Bertz CT molecular complexity index is 785. The van der Waals surface area contributed by atoms with Crippen molar-refractivity contribution in [3.8, 4) is 0 Å². The summed E-state index contributed by atoms with van der Waals surface area (Å²) in [5, 5.41) is 3.01. The summed E-state index contributed by atoms with van der Waals surface area (Å²) in [6.45, 7) is 2.48. The van der Waals surface area contributed by atoms with E-state index in [0.29, 0.717) is 17.4 Å². The molecule has 0 unspecified atom stereocenters. The quantitative estimate of drug-likeness (QED) is 0.813. The molecule has 2 amide bonds. The Morgan fingerprint density at radius 1 is 1.29 bits per heavy atom. The van der Waals surface area contributed by atoms with Gasteiger partial charge < -0.3 is 10.2 Å². The summed E-state index contributed by atoms with van der Waals surface area (Å²) < 4.78 is 1.24. The van der Waals surface area contributed by atoms with Crippen LogP contribution in [0.25, 0.3) is 10.9 Å². The highest BCUT2D eigenvalue weighted by atomic mass is 16.2. The highest BCUT2D eigenvalue weighted by Gasteiger charge is 2.11. The molecule has 24 heavy (non-hydrogen) atoms. The molecule has 7 heteroatoms. The molecule has 0 saturated carbocycles. The first-order chi connectivity index (χ1) is 11.5. The number of rotatable bonds is 7. The summed E-state index contributed by atoms with van der Waals surface area (Å²) in [6.07, 6.45) is 3.27. The number of benzene rings is 1. The van der Waals surface area contributed by atoms with Gasteiger partial charge in [-0.05, 0) is 18.6 Å². The molecule has 1 heterocycles. The zero-order chi connectivity index (χ0) is 17.5. The third-order valence-corrected chi connectivity index (χ3v) is 3.76. The number of unbranched alkanes of at least 4 members (excludes halogenated alkanes) is 1. The Labute approximate surface area is 140 Å². The van der Waals surface area contributed by atoms with Crippen LogP contribution in [0.4, 0.5) is 0 Å². The Kier molecular flexibility index (Phi) is 6.06. The summed E-state index contributed by atoms with van der Waals surface area (Å²) in [7, 11) is 1.71. The van der Waals surface area contributed by atoms with E-state index in [4.69, 9.17) is 0 Å². The molecule has 0 atom stereocenters. The van der Waals surface area contributed by atoms with Gasteiger partial charge in [-0.3, -0.25) is 19.0 Å². The van der Waals surface area contributed by atoms with Crippen molar-refractivity contribution in [1.82, 2.24) is 19.8 Å². The van der Waals surface area contributed by atoms with Crippen LogP contribution in [-0.4, -0.2) is 46.4 Å². The maximum absolute atomic E-state index is 12.3. The third-order valence-electron chi connectivity index (χ3n) is 3.76. The normalized spacial score (nSPS) is 10.6. The Morgan fingerprint density at radius 2 is 2.04 bits per heavy atom. The molecular formula is C17H22N4O3. The minimum absolute atomic E-state index is 0.0746. The molecule has 0 aliphatic heterocycles. The van der Waals surface area contributed by atoms with E-state index in [2.05, 4.69) is 17.2 Å². The molecule has 0 bridgehead atoms. The Balaban J connectivity index is 1.94. The van der Waals surface area contributed by atoms with E-state index >= 15 is 0 Å². The summed E-state index contributed by atoms with van der Waals surface area (Å²) in [6, 6.07) is 6.96. The lowest BCUT2D eigenvalue weighted by Crippen LogP contribution is -2.40. The van der Waals surface area contributed by atoms with Gasteiger partial charge in [0.2, 0.25) is 11.8 Å². The van der Waals surface area contributed by atoms with Gasteiger partial charge in [0.25, 0.3) is 5.56 Å². The third kappa shape index (κ3) is 4.41. The van der Waals surface area contributed by atoms with E-state index in [1.54, 1.807) is 36.2 Å². The van der Waals surface area contributed by atoms with Crippen molar-refractivity contribution in [1.29, 1.82) is 0 Å². The fourth-order valence-electron chi connectivity index (χ4n) is 2.26. The van der Waals surface area contributed by atoms with E-state index < -0.39 is 5.91 Å². The summed E-state index contributed by atoms with van der Waals surface area (Å²) in [4.78, 5) is 41.9. The first kappa shape index (κ1) is 17.7. The van der Waals surface area contributed by atoms with Crippen molar-refractivity contribution >= 4 is 22.7 Å². The topological polar surface area (TPSA) is 84.3 Å². The zero-order valence-electron chi connectivity index (χ0n) is 14.0. The molecule has 0 saturated heterocycles. The van der Waals surface area contributed by atoms with Crippen LogP contribution in [0.1, 0.15) is 19.8 Å². The fraction of sp³-hybridized carbons (Fsp3) is 0.412. The van der Waals surface area contributed by atoms with E-state index in [1.165, 1.54) is 10.9 Å². The number of carbonyl (C=O) groups excluding carboxylic acids is 2. The van der Waals surface area contributed by atoms with Crippen molar-refractivity contribution in [2.45, 2.75) is 26.3 Å². The highest BCUT2D eigenvalue weighted by molar-refractivity contribution is 5.84. The molecule has 1 aromatic heterocycles. The standard InChI is InChI=1S/C17H22N4O3/c1-3-4-9-20(2)16(23)10-18-15(22)11-21-12-19-14-8-6-5-7-13(14)17(21)24/h5-8,12H,3-4,9-11H2,1-2H3,(H,18,22). The summed E-state index contributed by atoms with van der Waals surface area (Å²) in [5.41, 5.74) is 0.314. The van der Waals surface area contributed by atoms with Gasteiger partial charge in [0.05, 0.1) is 23.8 Å². The molecule has 2 aromatic rings. The predicted molar refractivity (Wildman–Crippen MR) is 91.6 cm³/mol. The lowest BCUT2D eigenvalue weighted by atomic mass is 10.2. The van der Waals surface area contributed by atoms with Gasteiger partial charge in [0, 0.05) is 13.6 Å². The number of likely N-dealkylation sites (N-methyl/N-ethyl adjacent to an activating group) is 1. The molecule has 0 aliphatic carbocycles. The lowest BCUT2D eigenvalue weighted by molar-refractivity contribution is -0.132. The number of hydrogen-bond acceptors (Lipinski definition) is 4. The van der Waals surface area contributed by atoms with Crippen molar-refractivity contribution in [2.75, 3.05) is 20.1 Å². The second-order valence-electron chi connectivity index (χ2n) is 5.64.